The summed E-state index contributed by atoms with van der Waals surface area (Å²) in [6.45, 7) is 10.4. The van der Waals surface area contributed by atoms with Crippen LogP contribution in [-0.2, 0) is 19.1 Å². The van der Waals surface area contributed by atoms with Gasteiger partial charge in [0.05, 0.1) is 5.57 Å². The number of esters is 1. The zero-order valence-corrected chi connectivity index (χ0v) is 15.9. The van der Waals surface area contributed by atoms with Crippen molar-refractivity contribution in [2.75, 3.05) is 0 Å². The number of carbonyl (C=O) groups excluding carboxylic acids is 3. The van der Waals surface area contributed by atoms with E-state index in [1.807, 2.05) is 19.9 Å². The molecule has 0 unspecified atom stereocenters. The number of ketones is 2. The van der Waals surface area contributed by atoms with Gasteiger partial charge >= 0.3 is 5.97 Å². The molecule has 0 radical (unpaired) electrons. The summed E-state index contributed by atoms with van der Waals surface area (Å²) in [6, 6.07) is 0. The summed E-state index contributed by atoms with van der Waals surface area (Å²) in [6.07, 6.45) is 5.42. The molecule has 3 aliphatic carbocycles. The number of carbonyl (C=O) groups is 3. The summed E-state index contributed by atoms with van der Waals surface area (Å²) < 4.78 is 5.38. The number of aliphatic hydroxyl groups is 1. The first-order valence-corrected chi connectivity index (χ1v) is 8.78. The maximum absolute atomic E-state index is 12.9. The van der Waals surface area contributed by atoms with Crippen LogP contribution < -0.4 is 0 Å². The predicted molar refractivity (Wildman–Crippen MR) is 101 cm³/mol. The van der Waals surface area contributed by atoms with Crippen LogP contribution in [0, 0.1) is 5.41 Å². The number of allylic oxidation sites excluding steroid dienone is 8. The van der Waals surface area contributed by atoms with E-state index in [2.05, 4.69) is 6.58 Å². The number of aliphatic hydroxyl groups excluding tert-OH is 1. The van der Waals surface area contributed by atoms with Crippen molar-refractivity contribution in [3.63, 3.8) is 0 Å². The molecule has 0 saturated heterocycles. The third-order valence-electron chi connectivity index (χ3n) is 5.57. The molecule has 0 bridgehead atoms. The average molecular weight is 366 g/mol. The van der Waals surface area contributed by atoms with E-state index in [0.29, 0.717) is 16.7 Å². The fraction of sp³-hybridized carbons (Fsp3) is 0.318. The van der Waals surface area contributed by atoms with Crippen LogP contribution in [0.1, 0.15) is 40.5 Å². The molecule has 0 spiro atoms. The van der Waals surface area contributed by atoms with E-state index in [1.54, 1.807) is 13.0 Å². The van der Waals surface area contributed by atoms with Gasteiger partial charge in [-0.15, -0.1) is 6.58 Å². The Morgan fingerprint density at radius 2 is 1.96 bits per heavy atom. The van der Waals surface area contributed by atoms with E-state index in [4.69, 9.17) is 4.74 Å². The third-order valence-corrected chi connectivity index (χ3v) is 5.57. The van der Waals surface area contributed by atoms with Crippen molar-refractivity contribution in [1.82, 2.24) is 0 Å². The van der Waals surface area contributed by atoms with E-state index in [9.17, 15) is 19.5 Å². The summed E-state index contributed by atoms with van der Waals surface area (Å²) in [7, 11) is 0. The molecule has 0 aliphatic heterocycles. The monoisotopic (exact) mass is 366 g/mol. The topological polar surface area (TPSA) is 80.7 Å². The Morgan fingerprint density at radius 3 is 2.56 bits per heavy atom. The van der Waals surface area contributed by atoms with Crippen molar-refractivity contribution in [1.29, 1.82) is 0 Å². The van der Waals surface area contributed by atoms with Crippen LogP contribution in [0.3, 0.4) is 0 Å². The van der Waals surface area contributed by atoms with E-state index < -0.39 is 22.9 Å². The SMILES string of the molecule is C=CCC1=C(OC(C)=O)C2=CC=C3C(C)=C(C)C(=O)C[C@]3(C)C2=C(O)C1=O. The molecule has 0 heterocycles. The standard InChI is InChI=1S/C22H22O5/c1-6-7-15-19(25)20(26)18-14(21(15)27-13(4)23)8-9-16-11(2)12(3)17(24)10-22(16,18)5/h6,8-9,26H,1,7,10H2,2-5H3/t22-/m0/s1. The molecule has 0 amide bonds. The Bertz CT molecular complexity index is 965. The van der Waals surface area contributed by atoms with Gasteiger partial charge in [-0.2, -0.15) is 0 Å². The molecule has 0 aromatic rings. The maximum atomic E-state index is 12.9. The Hall–Kier alpha value is -2.95. The highest BCUT2D eigenvalue weighted by Crippen LogP contribution is 2.55. The second kappa shape index (κ2) is 6.34. The average Bonchev–Trinajstić information content (AvgIpc) is 2.59. The van der Waals surface area contributed by atoms with Gasteiger partial charge in [0.15, 0.2) is 11.5 Å². The first kappa shape index (κ1) is 18.8. The highest BCUT2D eigenvalue weighted by Gasteiger charge is 2.49. The van der Waals surface area contributed by atoms with Crippen molar-refractivity contribution < 1.29 is 24.2 Å². The Balaban J connectivity index is 2.32. The number of fused-ring (bicyclic) bond motifs is 3. The van der Waals surface area contributed by atoms with Gasteiger partial charge in [0.1, 0.15) is 5.76 Å². The third kappa shape index (κ3) is 2.65. The molecular weight excluding hydrogens is 344 g/mol. The van der Waals surface area contributed by atoms with Crippen molar-refractivity contribution in [3.05, 3.63) is 69.8 Å². The van der Waals surface area contributed by atoms with Gasteiger partial charge in [-0.1, -0.05) is 25.2 Å². The minimum Gasteiger partial charge on any atom is -0.504 e. The van der Waals surface area contributed by atoms with Gasteiger partial charge in [-0.05, 0) is 37.0 Å². The van der Waals surface area contributed by atoms with Gasteiger partial charge in [-0.25, -0.2) is 0 Å². The number of Topliss-reactive ketones (excluding diaryl/α,β-unsaturated/α-hetero) is 2. The molecule has 3 aliphatic rings. The number of hydrogen-bond donors (Lipinski definition) is 1. The predicted octanol–water partition coefficient (Wildman–Crippen LogP) is 3.96. The van der Waals surface area contributed by atoms with E-state index in [1.165, 1.54) is 13.0 Å². The summed E-state index contributed by atoms with van der Waals surface area (Å²) in [5, 5.41) is 10.8. The van der Waals surface area contributed by atoms with Gasteiger partial charge in [0.2, 0.25) is 5.78 Å². The second-order valence-corrected chi connectivity index (χ2v) is 7.29. The minimum atomic E-state index is -0.865. The van der Waals surface area contributed by atoms with Gasteiger partial charge in [0, 0.05) is 29.9 Å². The number of ether oxygens (including phenoxy) is 1. The van der Waals surface area contributed by atoms with Crippen molar-refractivity contribution in [2.24, 2.45) is 5.41 Å². The molecule has 1 atom stereocenters. The molecular formula is C22H22O5. The highest BCUT2D eigenvalue weighted by molar-refractivity contribution is 6.11. The molecule has 140 valence electrons. The van der Waals surface area contributed by atoms with Crippen LogP contribution in [-0.4, -0.2) is 22.6 Å². The van der Waals surface area contributed by atoms with E-state index in [-0.39, 0.29) is 30.0 Å². The largest absolute Gasteiger partial charge is 0.504 e. The summed E-state index contributed by atoms with van der Waals surface area (Å²) in [5.41, 5.74) is 2.52. The van der Waals surface area contributed by atoms with Crippen LogP contribution >= 0.6 is 0 Å². The molecule has 0 fully saturated rings. The minimum absolute atomic E-state index is 0.0314. The molecule has 3 rings (SSSR count). The van der Waals surface area contributed by atoms with E-state index >= 15 is 0 Å². The fourth-order valence-corrected chi connectivity index (χ4v) is 4.14. The fourth-order valence-electron chi connectivity index (χ4n) is 4.14. The zero-order valence-electron chi connectivity index (χ0n) is 15.9. The Kier molecular flexibility index (Phi) is 4.42. The Morgan fingerprint density at radius 1 is 1.30 bits per heavy atom. The second-order valence-electron chi connectivity index (χ2n) is 7.29. The normalized spacial score (nSPS) is 25.0. The molecule has 0 aromatic heterocycles. The first-order chi connectivity index (χ1) is 12.6. The van der Waals surface area contributed by atoms with Gasteiger partial charge in [-0.3, -0.25) is 14.4 Å². The van der Waals surface area contributed by atoms with E-state index in [0.717, 1.165) is 11.1 Å². The highest BCUT2D eigenvalue weighted by atomic mass is 16.5. The van der Waals surface area contributed by atoms with Crippen molar-refractivity contribution in [3.8, 4) is 0 Å². The molecule has 0 saturated carbocycles. The quantitative estimate of drug-likeness (QED) is 0.604. The zero-order chi connectivity index (χ0) is 20.1. The summed E-state index contributed by atoms with van der Waals surface area (Å²) in [4.78, 5) is 37.1. The van der Waals surface area contributed by atoms with Gasteiger partial charge < -0.3 is 9.84 Å². The van der Waals surface area contributed by atoms with Crippen LogP contribution in [0.15, 0.2) is 69.8 Å². The lowest BCUT2D eigenvalue weighted by molar-refractivity contribution is -0.136. The smallest absolute Gasteiger partial charge is 0.308 e. The Labute approximate surface area is 158 Å². The summed E-state index contributed by atoms with van der Waals surface area (Å²) in [5.74, 6) is -1.46. The number of hydrogen-bond acceptors (Lipinski definition) is 5. The summed E-state index contributed by atoms with van der Waals surface area (Å²) >= 11 is 0. The van der Waals surface area contributed by atoms with Crippen LogP contribution in [0.2, 0.25) is 0 Å². The molecule has 1 N–H and O–H groups in total. The maximum Gasteiger partial charge on any atom is 0.308 e. The van der Waals surface area contributed by atoms with Crippen LogP contribution in [0.25, 0.3) is 0 Å². The van der Waals surface area contributed by atoms with Crippen LogP contribution in [0.5, 0.6) is 0 Å². The van der Waals surface area contributed by atoms with Crippen molar-refractivity contribution in [2.45, 2.75) is 40.5 Å². The molecule has 5 nitrogen and oxygen atoms in total. The molecule has 0 aromatic carbocycles. The lowest BCUT2D eigenvalue weighted by Gasteiger charge is -2.43. The lowest BCUT2D eigenvalue weighted by atomic mass is 9.59. The first-order valence-electron chi connectivity index (χ1n) is 8.78. The van der Waals surface area contributed by atoms with Gasteiger partial charge in [0.25, 0.3) is 0 Å². The molecule has 5 heteroatoms. The molecule has 27 heavy (non-hydrogen) atoms. The van der Waals surface area contributed by atoms with Crippen molar-refractivity contribution >= 4 is 17.5 Å². The number of rotatable bonds is 3. The van der Waals surface area contributed by atoms with Crippen LogP contribution in [0.4, 0.5) is 0 Å². The lowest BCUT2D eigenvalue weighted by Crippen LogP contribution is -2.37.